The lowest BCUT2D eigenvalue weighted by atomic mass is 10.0. The predicted octanol–water partition coefficient (Wildman–Crippen LogP) is 2.06. The SMILES string of the molecule is COc1ccc(C(C)N2CCNC(C)C2)c(OC)c1. The van der Waals surface area contributed by atoms with Crippen molar-refractivity contribution in [1.29, 1.82) is 0 Å². The molecule has 1 heterocycles. The molecule has 2 rings (SSSR count). The maximum absolute atomic E-state index is 5.50. The van der Waals surface area contributed by atoms with Gasteiger partial charge in [-0.05, 0) is 19.9 Å². The number of hydrogen-bond acceptors (Lipinski definition) is 4. The second-order valence-corrected chi connectivity index (χ2v) is 5.13. The summed E-state index contributed by atoms with van der Waals surface area (Å²) >= 11 is 0. The summed E-state index contributed by atoms with van der Waals surface area (Å²) in [5.74, 6) is 1.74. The molecular weight excluding hydrogens is 240 g/mol. The van der Waals surface area contributed by atoms with E-state index < -0.39 is 0 Å². The van der Waals surface area contributed by atoms with E-state index in [0.29, 0.717) is 12.1 Å². The normalized spacial score (nSPS) is 22.0. The van der Waals surface area contributed by atoms with Crippen LogP contribution in [0.1, 0.15) is 25.5 Å². The first-order chi connectivity index (χ1) is 9.15. The summed E-state index contributed by atoms with van der Waals surface area (Å²) in [7, 11) is 3.39. The fraction of sp³-hybridized carbons (Fsp3) is 0.600. The van der Waals surface area contributed by atoms with E-state index in [1.807, 2.05) is 12.1 Å². The Labute approximate surface area is 115 Å². The van der Waals surface area contributed by atoms with Crippen molar-refractivity contribution < 1.29 is 9.47 Å². The van der Waals surface area contributed by atoms with Crippen molar-refractivity contribution in [2.45, 2.75) is 25.9 Å². The van der Waals surface area contributed by atoms with Gasteiger partial charge in [-0.2, -0.15) is 0 Å². The summed E-state index contributed by atoms with van der Waals surface area (Å²) in [6.45, 7) is 7.65. The van der Waals surface area contributed by atoms with Crippen LogP contribution in [-0.2, 0) is 0 Å². The van der Waals surface area contributed by atoms with Crippen molar-refractivity contribution >= 4 is 0 Å². The highest BCUT2D eigenvalue weighted by Gasteiger charge is 2.23. The van der Waals surface area contributed by atoms with Crippen molar-refractivity contribution in [3.05, 3.63) is 23.8 Å². The molecular formula is C15H24N2O2. The zero-order valence-corrected chi connectivity index (χ0v) is 12.3. The van der Waals surface area contributed by atoms with Crippen LogP contribution in [-0.4, -0.2) is 44.8 Å². The number of methoxy groups -OCH3 is 2. The molecule has 1 saturated heterocycles. The summed E-state index contributed by atoms with van der Waals surface area (Å²) in [6.07, 6.45) is 0. The molecule has 1 fully saturated rings. The number of rotatable bonds is 4. The molecule has 1 aliphatic heterocycles. The molecule has 0 spiro atoms. The van der Waals surface area contributed by atoms with E-state index in [9.17, 15) is 0 Å². The second kappa shape index (κ2) is 6.26. The van der Waals surface area contributed by atoms with Gasteiger partial charge in [0.2, 0.25) is 0 Å². The van der Waals surface area contributed by atoms with Crippen molar-refractivity contribution in [2.24, 2.45) is 0 Å². The quantitative estimate of drug-likeness (QED) is 0.902. The summed E-state index contributed by atoms with van der Waals surface area (Å²) in [5, 5.41) is 3.47. The van der Waals surface area contributed by atoms with Crippen LogP contribution in [0.2, 0.25) is 0 Å². The molecule has 1 N–H and O–H groups in total. The maximum atomic E-state index is 5.50. The van der Waals surface area contributed by atoms with Gasteiger partial charge in [0.1, 0.15) is 11.5 Å². The van der Waals surface area contributed by atoms with Crippen LogP contribution >= 0.6 is 0 Å². The van der Waals surface area contributed by atoms with Gasteiger partial charge in [-0.3, -0.25) is 4.90 Å². The third kappa shape index (κ3) is 3.19. The van der Waals surface area contributed by atoms with Gasteiger partial charge in [-0.15, -0.1) is 0 Å². The first kappa shape index (κ1) is 14.2. The highest BCUT2D eigenvalue weighted by molar-refractivity contribution is 5.42. The molecule has 0 amide bonds. The molecule has 19 heavy (non-hydrogen) atoms. The van der Waals surface area contributed by atoms with Crippen LogP contribution in [0.4, 0.5) is 0 Å². The highest BCUT2D eigenvalue weighted by Crippen LogP contribution is 2.32. The van der Waals surface area contributed by atoms with Crippen LogP contribution in [0.15, 0.2) is 18.2 Å². The van der Waals surface area contributed by atoms with Gasteiger partial charge in [0.25, 0.3) is 0 Å². The summed E-state index contributed by atoms with van der Waals surface area (Å²) in [5.41, 5.74) is 1.22. The number of piperazine rings is 1. The highest BCUT2D eigenvalue weighted by atomic mass is 16.5. The second-order valence-electron chi connectivity index (χ2n) is 5.13. The Balaban J connectivity index is 2.20. The monoisotopic (exact) mass is 264 g/mol. The molecule has 1 aliphatic rings. The minimum absolute atomic E-state index is 0.352. The summed E-state index contributed by atoms with van der Waals surface area (Å²) < 4.78 is 10.8. The number of benzene rings is 1. The lowest BCUT2D eigenvalue weighted by Gasteiger charge is -2.36. The van der Waals surface area contributed by atoms with Gasteiger partial charge in [0, 0.05) is 43.3 Å². The van der Waals surface area contributed by atoms with Crippen LogP contribution in [0.3, 0.4) is 0 Å². The van der Waals surface area contributed by atoms with Crippen LogP contribution in [0, 0.1) is 0 Å². The van der Waals surface area contributed by atoms with Gasteiger partial charge in [0.15, 0.2) is 0 Å². The fourth-order valence-corrected chi connectivity index (χ4v) is 2.67. The molecule has 1 aromatic rings. The van der Waals surface area contributed by atoms with Crippen molar-refractivity contribution in [2.75, 3.05) is 33.9 Å². The average molecular weight is 264 g/mol. The minimum Gasteiger partial charge on any atom is -0.497 e. The smallest absolute Gasteiger partial charge is 0.127 e. The molecule has 4 nitrogen and oxygen atoms in total. The molecule has 0 aromatic heterocycles. The lowest BCUT2D eigenvalue weighted by Crippen LogP contribution is -2.49. The maximum Gasteiger partial charge on any atom is 0.127 e. The van der Waals surface area contributed by atoms with Crippen LogP contribution in [0.25, 0.3) is 0 Å². The number of ether oxygens (including phenoxy) is 2. The van der Waals surface area contributed by atoms with Gasteiger partial charge < -0.3 is 14.8 Å². The first-order valence-corrected chi connectivity index (χ1v) is 6.85. The fourth-order valence-electron chi connectivity index (χ4n) is 2.67. The average Bonchev–Trinajstić information content (AvgIpc) is 2.45. The van der Waals surface area contributed by atoms with Crippen molar-refractivity contribution in [1.82, 2.24) is 10.2 Å². The predicted molar refractivity (Wildman–Crippen MR) is 77.0 cm³/mol. The molecule has 0 saturated carbocycles. The van der Waals surface area contributed by atoms with E-state index in [-0.39, 0.29) is 0 Å². The van der Waals surface area contributed by atoms with Crippen LogP contribution < -0.4 is 14.8 Å². The van der Waals surface area contributed by atoms with Crippen molar-refractivity contribution in [3.8, 4) is 11.5 Å². The molecule has 0 radical (unpaired) electrons. The van der Waals surface area contributed by atoms with E-state index in [1.165, 1.54) is 5.56 Å². The third-order valence-electron chi connectivity index (χ3n) is 3.84. The Morgan fingerprint density at radius 1 is 1.32 bits per heavy atom. The number of hydrogen-bond donors (Lipinski definition) is 1. The lowest BCUT2D eigenvalue weighted by molar-refractivity contribution is 0.156. The molecule has 2 atom stereocenters. The standard InChI is InChI=1S/C15H24N2O2/c1-11-10-17(8-7-16-11)12(2)14-6-5-13(18-3)9-15(14)19-4/h5-6,9,11-12,16H,7-8,10H2,1-4H3. The van der Waals surface area contributed by atoms with E-state index in [0.717, 1.165) is 31.1 Å². The van der Waals surface area contributed by atoms with E-state index >= 15 is 0 Å². The van der Waals surface area contributed by atoms with Gasteiger partial charge in [-0.25, -0.2) is 0 Å². The number of nitrogens with zero attached hydrogens (tertiary/aromatic N) is 1. The Bertz CT molecular complexity index is 423. The summed E-state index contributed by atoms with van der Waals surface area (Å²) in [4.78, 5) is 2.49. The zero-order chi connectivity index (χ0) is 13.8. The van der Waals surface area contributed by atoms with E-state index in [2.05, 4.69) is 30.1 Å². The molecule has 0 aliphatic carbocycles. The van der Waals surface area contributed by atoms with Gasteiger partial charge in [0.05, 0.1) is 14.2 Å². The molecule has 2 unspecified atom stereocenters. The zero-order valence-electron chi connectivity index (χ0n) is 12.3. The largest absolute Gasteiger partial charge is 0.497 e. The topological polar surface area (TPSA) is 33.7 Å². The molecule has 106 valence electrons. The van der Waals surface area contributed by atoms with Gasteiger partial charge in [-0.1, -0.05) is 6.07 Å². The Morgan fingerprint density at radius 3 is 2.74 bits per heavy atom. The van der Waals surface area contributed by atoms with Gasteiger partial charge >= 0.3 is 0 Å². The van der Waals surface area contributed by atoms with Crippen molar-refractivity contribution in [3.63, 3.8) is 0 Å². The van der Waals surface area contributed by atoms with E-state index in [4.69, 9.17) is 9.47 Å². The Hall–Kier alpha value is -1.26. The third-order valence-corrected chi connectivity index (χ3v) is 3.84. The first-order valence-electron chi connectivity index (χ1n) is 6.85. The molecule has 1 aromatic carbocycles. The summed E-state index contributed by atoms with van der Waals surface area (Å²) in [6, 6.07) is 6.96. The Kier molecular flexibility index (Phi) is 4.66. The minimum atomic E-state index is 0.352. The van der Waals surface area contributed by atoms with E-state index in [1.54, 1.807) is 14.2 Å². The Morgan fingerprint density at radius 2 is 2.11 bits per heavy atom. The molecule has 4 heteroatoms. The van der Waals surface area contributed by atoms with Crippen LogP contribution in [0.5, 0.6) is 11.5 Å². The number of nitrogens with one attached hydrogen (secondary N) is 1. The molecule has 0 bridgehead atoms.